The quantitative estimate of drug-likeness (QED) is 0.929. The van der Waals surface area contributed by atoms with Gasteiger partial charge in [-0.25, -0.2) is 0 Å². The highest BCUT2D eigenvalue weighted by Gasteiger charge is 2.39. The van der Waals surface area contributed by atoms with Crippen molar-refractivity contribution in [3.63, 3.8) is 0 Å². The number of rotatable bonds is 3. The van der Waals surface area contributed by atoms with E-state index in [1.807, 2.05) is 45.0 Å². The van der Waals surface area contributed by atoms with Gasteiger partial charge in [-0.2, -0.15) is 0 Å². The number of para-hydroxylation sites is 1. The van der Waals surface area contributed by atoms with Gasteiger partial charge in [-0.15, -0.1) is 0 Å². The zero-order valence-electron chi connectivity index (χ0n) is 13.3. The van der Waals surface area contributed by atoms with Gasteiger partial charge in [-0.05, 0) is 38.8 Å². The Balaban J connectivity index is 2.07. The Morgan fingerprint density at radius 1 is 1.33 bits per heavy atom. The normalized spacial score (nSPS) is 19.0. The summed E-state index contributed by atoms with van der Waals surface area (Å²) in [6.07, 6.45) is 1.17. The van der Waals surface area contributed by atoms with E-state index in [-0.39, 0.29) is 23.3 Å². The molecule has 4 heteroatoms. The lowest BCUT2D eigenvalue weighted by molar-refractivity contribution is -0.131. The second-order valence-corrected chi connectivity index (χ2v) is 6.58. The fraction of sp³-hybridized carbons (Fsp3) is 0.529. The third kappa shape index (κ3) is 3.43. The van der Waals surface area contributed by atoms with Crippen molar-refractivity contribution in [3.05, 3.63) is 29.8 Å². The lowest BCUT2D eigenvalue weighted by Gasteiger charge is -2.31. The minimum absolute atomic E-state index is 0.0593. The predicted molar refractivity (Wildman–Crippen MR) is 84.0 cm³/mol. The van der Waals surface area contributed by atoms with Gasteiger partial charge in [0.05, 0.1) is 5.92 Å². The van der Waals surface area contributed by atoms with Crippen LogP contribution in [0.25, 0.3) is 0 Å². The Morgan fingerprint density at radius 2 is 2.00 bits per heavy atom. The van der Waals surface area contributed by atoms with Crippen LogP contribution in [-0.4, -0.2) is 28.8 Å². The van der Waals surface area contributed by atoms with E-state index in [1.54, 1.807) is 4.90 Å². The molecule has 0 radical (unpaired) electrons. The molecule has 1 aliphatic rings. The van der Waals surface area contributed by atoms with Gasteiger partial charge in [0, 0.05) is 24.2 Å². The third-order valence-corrected chi connectivity index (χ3v) is 3.96. The molecule has 1 saturated heterocycles. The first-order chi connectivity index (χ1) is 9.82. The van der Waals surface area contributed by atoms with Crippen molar-refractivity contribution in [3.8, 4) is 0 Å². The van der Waals surface area contributed by atoms with Gasteiger partial charge in [0.15, 0.2) is 0 Å². The Morgan fingerprint density at radius 3 is 2.57 bits per heavy atom. The highest BCUT2D eigenvalue weighted by molar-refractivity contribution is 5.97. The molecule has 1 atom stereocenters. The summed E-state index contributed by atoms with van der Waals surface area (Å²) in [5.41, 5.74) is 1.74. The zero-order chi connectivity index (χ0) is 15.6. The second-order valence-electron chi connectivity index (χ2n) is 6.58. The van der Waals surface area contributed by atoms with Crippen LogP contribution in [0.5, 0.6) is 0 Å². The summed E-state index contributed by atoms with van der Waals surface area (Å²) in [6.45, 7) is 8.56. The Labute approximate surface area is 126 Å². The minimum atomic E-state index is -0.262. The highest BCUT2D eigenvalue weighted by Crippen LogP contribution is 2.27. The van der Waals surface area contributed by atoms with Gasteiger partial charge in [-0.3, -0.25) is 9.59 Å². The molecule has 114 valence electrons. The maximum atomic E-state index is 12.4. The van der Waals surface area contributed by atoms with Gasteiger partial charge in [0.2, 0.25) is 11.8 Å². The first-order valence-electron chi connectivity index (χ1n) is 7.52. The molecule has 0 bridgehead atoms. The van der Waals surface area contributed by atoms with Gasteiger partial charge in [-0.1, -0.05) is 25.1 Å². The maximum absolute atomic E-state index is 12.4. The summed E-state index contributed by atoms with van der Waals surface area (Å²) < 4.78 is 0. The smallest absolute Gasteiger partial charge is 0.229 e. The first kappa shape index (κ1) is 15.5. The number of nitrogens with zero attached hydrogens (tertiary/aromatic N) is 1. The number of hydrogen-bond donors (Lipinski definition) is 1. The van der Waals surface area contributed by atoms with Crippen molar-refractivity contribution in [2.45, 2.75) is 46.1 Å². The molecule has 0 unspecified atom stereocenters. The van der Waals surface area contributed by atoms with Crippen molar-refractivity contribution >= 4 is 17.5 Å². The van der Waals surface area contributed by atoms with Crippen molar-refractivity contribution in [2.24, 2.45) is 5.92 Å². The number of carbonyl (C=O) groups excluding carboxylic acids is 2. The van der Waals surface area contributed by atoms with Crippen LogP contribution in [0.1, 0.15) is 39.7 Å². The van der Waals surface area contributed by atoms with E-state index in [1.165, 1.54) is 0 Å². The zero-order valence-corrected chi connectivity index (χ0v) is 13.3. The van der Waals surface area contributed by atoms with Crippen LogP contribution in [0.15, 0.2) is 24.3 Å². The lowest BCUT2D eigenvalue weighted by Crippen LogP contribution is -2.42. The lowest BCUT2D eigenvalue weighted by atomic mass is 10.1. The molecule has 0 saturated carbocycles. The number of likely N-dealkylation sites (tertiary alicyclic amines) is 1. The van der Waals surface area contributed by atoms with E-state index in [2.05, 4.69) is 12.2 Å². The molecule has 0 aromatic heterocycles. The summed E-state index contributed by atoms with van der Waals surface area (Å²) >= 11 is 0. The predicted octanol–water partition coefficient (Wildman–Crippen LogP) is 2.83. The highest BCUT2D eigenvalue weighted by atomic mass is 16.2. The largest absolute Gasteiger partial charge is 0.337 e. The van der Waals surface area contributed by atoms with Crippen molar-refractivity contribution in [1.29, 1.82) is 0 Å². The van der Waals surface area contributed by atoms with Crippen molar-refractivity contribution < 1.29 is 9.59 Å². The van der Waals surface area contributed by atoms with Crippen LogP contribution < -0.4 is 5.32 Å². The number of nitrogens with one attached hydrogen (secondary N) is 1. The van der Waals surface area contributed by atoms with Crippen LogP contribution >= 0.6 is 0 Å². The van der Waals surface area contributed by atoms with Crippen LogP contribution in [0.2, 0.25) is 0 Å². The summed E-state index contributed by atoms with van der Waals surface area (Å²) in [6, 6.07) is 7.80. The standard InChI is InChI=1S/C17H24N2O2/c1-5-12-8-6-7-9-14(12)18-16(21)13-10-15(20)19(11-13)17(2,3)4/h6-9,13H,5,10-11H2,1-4H3,(H,18,21)/t13-/m0/s1. The summed E-state index contributed by atoms with van der Waals surface area (Å²) in [7, 11) is 0. The SMILES string of the molecule is CCc1ccccc1NC(=O)[C@H]1CC(=O)N(C(C)(C)C)C1. The average molecular weight is 288 g/mol. The van der Waals surface area contributed by atoms with Crippen LogP contribution in [0, 0.1) is 5.92 Å². The van der Waals surface area contributed by atoms with Gasteiger partial charge < -0.3 is 10.2 Å². The fourth-order valence-electron chi connectivity index (χ4n) is 2.72. The van der Waals surface area contributed by atoms with Gasteiger partial charge in [0.1, 0.15) is 0 Å². The molecule has 1 aliphatic heterocycles. The molecule has 2 rings (SSSR count). The minimum Gasteiger partial charge on any atom is -0.337 e. The number of carbonyl (C=O) groups is 2. The molecule has 4 nitrogen and oxygen atoms in total. The van der Waals surface area contributed by atoms with Crippen molar-refractivity contribution in [2.75, 3.05) is 11.9 Å². The van der Waals surface area contributed by atoms with Crippen molar-refractivity contribution in [1.82, 2.24) is 4.90 Å². The van der Waals surface area contributed by atoms with Crippen LogP contribution in [0.3, 0.4) is 0 Å². The second kappa shape index (κ2) is 5.88. The summed E-state index contributed by atoms with van der Waals surface area (Å²) in [4.78, 5) is 26.3. The fourth-order valence-corrected chi connectivity index (χ4v) is 2.72. The molecule has 21 heavy (non-hydrogen) atoms. The molecule has 0 aliphatic carbocycles. The topological polar surface area (TPSA) is 49.4 Å². The molecule has 0 spiro atoms. The molecule has 1 N–H and O–H groups in total. The van der Waals surface area contributed by atoms with E-state index in [0.29, 0.717) is 13.0 Å². The number of amides is 2. The Kier molecular flexibility index (Phi) is 4.35. The van der Waals surface area contributed by atoms with Gasteiger partial charge in [0.25, 0.3) is 0 Å². The summed E-state index contributed by atoms with van der Waals surface area (Å²) in [5.74, 6) is -0.260. The molecule has 1 fully saturated rings. The van der Waals surface area contributed by atoms with E-state index < -0.39 is 0 Å². The van der Waals surface area contributed by atoms with Crippen LogP contribution in [-0.2, 0) is 16.0 Å². The maximum Gasteiger partial charge on any atom is 0.229 e. The summed E-state index contributed by atoms with van der Waals surface area (Å²) in [5, 5.41) is 2.98. The number of benzene rings is 1. The van der Waals surface area contributed by atoms with E-state index in [9.17, 15) is 9.59 Å². The van der Waals surface area contributed by atoms with E-state index in [4.69, 9.17) is 0 Å². The molecular formula is C17H24N2O2. The molecule has 2 amide bonds. The van der Waals surface area contributed by atoms with E-state index >= 15 is 0 Å². The van der Waals surface area contributed by atoms with E-state index in [0.717, 1.165) is 17.7 Å². The number of hydrogen-bond acceptors (Lipinski definition) is 2. The third-order valence-electron chi connectivity index (χ3n) is 3.96. The Bertz CT molecular complexity index is 546. The van der Waals surface area contributed by atoms with Crippen LogP contribution in [0.4, 0.5) is 5.69 Å². The molecular weight excluding hydrogens is 264 g/mol. The molecule has 1 aromatic rings. The first-order valence-corrected chi connectivity index (χ1v) is 7.52. The molecule has 1 heterocycles. The van der Waals surface area contributed by atoms with Gasteiger partial charge >= 0.3 is 0 Å². The number of anilines is 1. The molecule has 1 aromatic carbocycles. The average Bonchev–Trinajstić information content (AvgIpc) is 2.81. The monoisotopic (exact) mass is 288 g/mol. The Hall–Kier alpha value is -1.84. The number of aryl methyl sites for hydroxylation is 1.